The summed E-state index contributed by atoms with van der Waals surface area (Å²) in [5.41, 5.74) is 1.60. The molecule has 1 N–H and O–H groups in total. The maximum atomic E-state index is 12.5. The average molecular weight is 432 g/mol. The van der Waals surface area contributed by atoms with Gasteiger partial charge in [0.1, 0.15) is 16.5 Å². The van der Waals surface area contributed by atoms with Gasteiger partial charge in [-0.15, -0.1) is 11.3 Å². The summed E-state index contributed by atoms with van der Waals surface area (Å²) in [5.74, 6) is 1.63. The number of nitrogens with one attached hydrogen (secondary N) is 1. The second-order valence-corrected chi connectivity index (χ2v) is 8.56. The number of hydrogen-bond donors (Lipinski definition) is 1. The van der Waals surface area contributed by atoms with E-state index in [2.05, 4.69) is 12.2 Å². The number of ether oxygens (including phenoxy) is 3. The Balaban J connectivity index is 1.56. The van der Waals surface area contributed by atoms with E-state index in [-0.39, 0.29) is 11.9 Å². The number of fused-ring (bicyclic) bond motifs is 1. The highest BCUT2D eigenvalue weighted by molar-refractivity contribution is 7.17. The molecule has 0 radical (unpaired) electrons. The summed E-state index contributed by atoms with van der Waals surface area (Å²) in [5, 5.41) is 3.56. The molecule has 0 unspecified atom stereocenters. The Hall–Kier alpha value is -2.54. The van der Waals surface area contributed by atoms with Crippen LogP contribution in [0.2, 0.25) is 0 Å². The molecule has 1 aliphatic carbocycles. The van der Waals surface area contributed by atoms with E-state index in [1.165, 1.54) is 16.2 Å². The largest absolute Gasteiger partial charge is 0.497 e. The molecule has 1 amide bonds. The van der Waals surface area contributed by atoms with Crippen LogP contribution >= 0.6 is 11.3 Å². The van der Waals surface area contributed by atoms with Crippen LogP contribution in [-0.2, 0) is 22.4 Å². The van der Waals surface area contributed by atoms with Crippen molar-refractivity contribution in [2.24, 2.45) is 5.92 Å². The van der Waals surface area contributed by atoms with Crippen molar-refractivity contribution in [2.75, 3.05) is 25.6 Å². The van der Waals surface area contributed by atoms with Crippen molar-refractivity contribution in [1.82, 2.24) is 0 Å². The van der Waals surface area contributed by atoms with E-state index < -0.39 is 0 Å². The van der Waals surface area contributed by atoms with Crippen LogP contribution in [0.15, 0.2) is 24.3 Å². The van der Waals surface area contributed by atoms with E-state index in [0.29, 0.717) is 42.5 Å². The molecule has 0 aliphatic heterocycles. The van der Waals surface area contributed by atoms with Crippen LogP contribution in [0.4, 0.5) is 5.00 Å². The molecule has 30 heavy (non-hydrogen) atoms. The number of amides is 1. The van der Waals surface area contributed by atoms with Gasteiger partial charge in [0.05, 0.1) is 25.9 Å². The zero-order chi connectivity index (χ0) is 21.5. The number of carbonyl (C=O) groups is 2. The quantitative estimate of drug-likeness (QED) is 0.454. The minimum Gasteiger partial charge on any atom is -0.497 e. The van der Waals surface area contributed by atoms with Crippen LogP contribution in [0.3, 0.4) is 0 Å². The Morgan fingerprint density at radius 1 is 1.20 bits per heavy atom. The molecule has 1 heterocycles. The molecular weight excluding hydrogens is 402 g/mol. The van der Waals surface area contributed by atoms with Gasteiger partial charge < -0.3 is 19.5 Å². The first-order chi connectivity index (χ1) is 14.5. The summed E-state index contributed by atoms with van der Waals surface area (Å²) in [6.07, 6.45) is 3.74. The maximum absolute atomic E-state index is 12.5. The average Bonchev–Trinajstić information content (AvgIpc) is 3.08. The number of rotatable bonds is 9. The van der Waals surface area contributed by atoms with Crippen molar-refractivity contribution in [3.63, 3.8) is 0 Å². The van der Waals surface area contributed by atoms with Gasteiger partial charge in [0.25, 0.3) is 0 Å². The molecule has 1 aromatic carbocycles. The smallest absolute Gasteiger partial charge is 0.341 e. The monoisotopic (exact) mass is 431 g/mol. The summed E-state index contributed by atoms with van der Waals surface area (Å²) in [7, 11) is 1.62. The molecule has 0 bridgehead atoms. The summed E-state index contributed by atoms with van der Waals surface area (Å²) in [4.78, 5) is 26.2. The lowest BCUT2D eigenvalue weighted by Crippen LogP contribution is -2.17. The molecule has 0 fully saturated rings. The topological polar surface area (TPSA) is 73.9 Å². The van der Waals surface area contributed by atoms with Crippen molar-refractivity contribution in [3.8, 4) is 11.5 Å². The zero-order valence-electron chi connectivity index (χ0n) is 17.8. The molecule has 2 aromatic rings. The standard InChI is InChI=1S/C23H29NO5S/c1-4-28-23(26)21-18-12-7-15(2)14-19(18)30-22(21)24-20(25)6-5-13-29-17-10-8-16(27-3)9-11-17/h8-11,15H,4-7,12-14H2,1-3H3,(H,24,25)/t15-/m0/s1. The maximum Gasteiger partial charge on any atom is 0.341 e. The number of hydrogen-bond acceptors (Lipinski definition) is 6. The summed E-state index contributed by atoms with van der Waals surface area (Å²) in [6, 6.07) is 7.33. The normalized spacial score (nSPS) is 15.2. The summed E-state index contributed by atoms with van der Waals surface area (Å²) >= 11 is 1.51. The third-order valence-corrected chi connectivity index (χ3v) is 6.29. The lowest BCUT2D eigenvalue weighted by Gasteiger charge is -2.18. The van der Waals surface area contributed by atoms with Gasteiger partial charge in [0, 0.05) is 11.3 Å². The van der Waals surface area contributed by atoms with Crippen LogP contribution in [0.25, 0.3) is 0 Å². The fraction of sp³-hybridized carbons (Fsp3) is 0.478. The molecule has 6 nitrogen and oxygen atoms in total. The Kier molecular flexibility index (Phi) is 7.74. The van der Waals surface area contributed by atoms with Crippen LogP contribution in [0.5, 0.6) is 11.5 Å². The van der Waals surface area contributed by atoms with Gasteiger partial charge in [-0.3, -0.25) is 4.79 Å². The third-order valence-electron chi connectivity index (χ3n) is 5.12. The fourth-order valence-electron chi connectivity index (χ4n) is 3.54. The van der Waals surface area contributed by atoms with Crippen molar-refractivity contribution in [3.05, 3.63) is 40.3 Å². The Bertz CT molecular complexity index is 874. The van der Waals surface area contributed by atoms with Crippen molar-refractivity contribution in [2.45, 2.75) is 46.0 Å². The summed E-state index contributed by atoms with van der Waals surface area (Å²) < 4.78 is 16.0. The van der Waals surface area contributed by atoms with Gasteiger partial charge in [-0.2, -0.15) is 0 Å². The lowest BCUT2D eigenvalue weighted by atomic mass is 9.88. The van der Waals surface area contributed by atoms with Gasteiger partial charge >= 0.3 is 5.97 Å². The van der Waals surface area contributed by atoms with Gasteiger partial charge in [-0.05, 0) is 68.4 Å². The molecule has 7 heteroatoms. The van der Waals surface area contributed by atoms with Crippen LogP contribution < -0.4 is 14.8 Å². The zero-order valence-corrected chi connectivity index (χ0v) is 18.6. The third kappa shape index (κ3) is 5.53. The highest BCUT2D eigenvalue weighted by atomic mass is 32.1. The number of methoxy groups -OCH3 is 1. The van der Waals surface area contributed by atoms with E-state index >= 15 is 0 Å². The van der Waals surface area contributed by atoms with Crippen LogP contribution in [0, 0.1) is 5.92 Å². The molecule has 1 atom stereocenters. The number of benzene rings is 1. The number of carbonyl (C=O) groups excluding carboxylic acids is 2. The van der Waals surface area contributed by atoms with E-state index in [4.69, 9.17) is 14.2 Å². The number of thiophene rings is 1. The Morgan fingerprint density at radius 3 is 2.63 bits per heavy atom. The highest BCUT2D eigenvalue weighted by Gasteiger charge is 2.29. The minimum atomic E-state index is -0.345. The lowest BCUT2D eigenvalue weighted by molar-refractivity contribution is -0.116. The first kappa shape index (κ1) is 22.2. The molecule has 3 rings (SSSR count). The van der Waals surface area contributed by atoms with Gasteiger partial charge in [0.2, 0.25) is 5.91 Å². The molecule has 0 saturated carbocycles. The first-order valence-electron chi connectivity index (χ1n) is 10.4. The Morgan fingerprint density at radius 2 is 1.93 bits per heavy atom. The van der Waals surface area contributed by atoms with E-state index in [0.717, 1.165) is 36.3 Å². The first-order valence-corrected chi connectivity index (χ1v) is 11.2. The molecular formula is C23H29NO5S. The second kappa shape index (κ2) is 10.5. The van der Waals surface area contributed by atoms with Crippen LogP contribution in [-0.4, -0.2) is 32.2 Å². The molecule has 1 aromatic heterocycles. The highest BCUT2D eigenvalue weighted by Crippen LogP contribution is 2.40. The summed E-state index contributed by atoms with van der Waals surface area (Å²) in [6.45, 7) is 4.76. The van der Waals surface area contributed by atoms with Crippen molar-refractivity contribution >= 4 is 28.2 Å². The van der Waals surface area contributed by atoms with Crippen molar-refractivity contribution in [1.29, 1.82) is 0 Å². The van der Waals surface area contributed by atoms with Crippen molar-refractivity contribution < 1.29 is 23.8 Å². The van der Waals surface area contributed by atoms with E-state index in [1.807, 2.05) is 24.3 Å². The molecule has 0 saturated heterocycles. The second-order valence-electron chi connectivity index (χ2n) is 7.45. The number of anilines is 1. The fourth-order valence-corrected chi connectivity index (χ4v) is 4.96. The predicted molar refractivity (Wildman–Crippen MR) is 118 cm³/mol. The molecule has 1 aliphatic rings. The van der Waals surface area contributed by atoms with E-state index in [9.17, 15) is 9.59 Å². The molecule has 162 valence electrons. The van der Waals surface area contributed by atoms with Crippen LogP contribution in [0.1, 0.15) is 53.9 Å². The minimum absolute atomic E-state index is 0.120. The number of esters is 1. The van der Waals surface area contributed by atoms with Gasteiger partial charge in [-0.1, -0.05) is 6.92 Å². The van der Waals surface area contributed by atoms with Gasteiger partial charge in [-0.25, -0.2) is 4.79 Å². The van der Waals surface area contributed by atoms with Gasteiger partial charge in [0.15, 0.2) is 0 Å². The SMILES string of the molecule is CCOC(=O)c1c(NC(=O)CCCOc2ccc(OC)cc2)sc2c1CC[C@H](C)C2. The predicted octanol–water partition coefficient (Wildman–Crippen LogP) is 4.86. The van der Waals surface area contributed by atoms with E-state index in [1.54, 1.807) is 14.0 Å². The Labute approximate surface area is 181 Å². The molecule has 0 spiro atoms.